The number of aliphatic carboxylic acids is 1. The molecule has 0 aliphatic heterocycles. The summed E-state index contributed by atoms with van der Waals surface area (Å²) in [7, 11) is 0. The number of carboxylic acid groups (broad SMARTS) is 1. The van der Waals surface area contributed by atoms with E-state index >= 15 is 0 Å². The van der Waals surface area contributed by atoms with E-state index in [2.05, 4.69) is 9.97 Å². The Morgan fingerprint density at radius 2 is 2.29 bits per heavy atom. The summed E-state index contributed by atoms with van der Waals surface area (Å²) in [5.74, 6) is -1.08. The molecule has 0 saturated carbocycles. The highest BCUT2D eigenvalue weighted by Crippen LogP contribution is 2.13. The lowest BCUT2D eigenvalue weighted by molar-refractivity contribution is -0.137. The molecule has 0 unspecified atom stereocenters. The molecule has 0 aromatic carbocycles. The highest BCUT2D eigenvalue weighted by molar-refractivity contribution is 7.98. The summed E-state index contributed by atoms with van der Waals surface area (Å²) in [4.78, 5) is 30.5. The van der Waals surface area contributed by atoms with Gasteiger partial charge in [0.05, 0.1) is 0 Å². The fourth-order valence-corrected chi connectivity index (χ4v) is 1.78. The quantitative estimate of drug-likeness (QED) is 0.635. The smallest absolute Gasteiger partial charge is 0.323 e. The van der Waals surface area contributed by atoms with Crippen molar-refractivity contribution in [1.82, 2.24) is 14.5 Å². The van der Waals surface area contributed by atoms with Crippen molar-refractivity contribution in [3.63, 3.8) is 0 Å². The predicted molar refractivity (Wildman–Crippen MR) is 63.2 cm³/mol. The van der Waals surface area contributed by atoms with Gasteiger partial charge in [-0.3, -0.25) is 14.2 Å². The van der Waals surface area contributed by atoms with Gasteiger partial charge in [0.25, 0.3) is 5.56 Å². The molecular formula is C10H9N3O3S. The standard InChI is InChI=1S/C10H9N3O3S/c1-17-10-11-4-6-2-3-7(14)13(5-8(15)16)9(6)12-10/h2-4H,5H2,1H3,(H,15,16). The second-order valence-corrected chi connectivity index (χ2v) is 4.06. The Bertz CT molecular complexity index is 638. The van der Waals surface area contributed by atoms with Gasteiger partial charge in [0.15, 0.2) is 5.16 Å². The van der Waals surface area contributed by atoms with E-state index in [0.717, 1.165) is 4.57 Å². The Balaban J connectivity index is 2.73. The summed E-state index contributed by atoms with van der Waals surface area (Å²) in [6.45, 7) is -0.402. The van der Waals surface area contributed by atoms with Crippen LogP contribution in [0.25, 0.3) is 11.0 Å². The first kappa shape index (κ1) is 11.6. The summed E-state index contributed by atoms with van der Waals surface area (Å²) < 4.78 is 1.12. The van der Waals surface area contributed by atoms with Crippen LogP contribution in [0, 0.1) is 0 Å². The van der Waals surface area contributed by atoms with Crippen LogP contribution in [0.4, 0.5) is 0 Å². The van der Waals surface area contributed by atoms with Gasteiger partial charge in [-0.1, -0.05) is 11.8 Å². The molecule has 0 saturated heterocycles. The van der Waals surface area contributed by atoms with Crippen molar-refractivity contribution in [2.24, 2.45) is 0 Å². The third-order valence-corrected chi connectivity index (χ3v) is 2.74. The lowest BCUT2D eigenvalue weighted by atomic mass is 10.3. The first-order chi connectivity index (χ1) is 8.11. The molecular weight excluding hydrogens is 242 g/mol. The molecule has 7 heteroatoms. The van der Waals surface area contributed by atoms with Crippen molar-refractivity contribution >= 4 is 28.8 Å². The summed E-state index contributed by atoms with van der Waals surface area (Å²) in [6.07, 6.45) is 3.38. The molecule has 0 aliphatic rings. The molecule has 0 atom stereocenters. The molecule has 6 nitrogen and oxygen atoms in total. The predicted octanol–water partition coefficient (Wildman–Crippen LogP) is 0.598. The van der Waals surface area contributed by atoms with Crippen LogP contribution in [0.15, 0.2) is 28.3 Å². The monoisotopic (exact) mass is 251 g/mol. The highest BCUT2D eigenvalue weighted by Gasteiger charge is 2.09. The van der Waals surface area contributed by atoms with E-state index in [9.17, 15) is 9.59 Å². The topological polar surface area (TPSA) is 85.1 Å². The van der Waals surface area contributed by atoms with Gasteiger partial charge in [0.1, 0.15) is 12.2 Å². The van der Waals surface area contributed by atoms with Crippen molar-refractivity contribution in [3.05, 3.63) is 28.7 Å². The van der Waals surface area contributed by atoms with Crippen LogP contribution in [0.2, 0.25) is 0 Å². The van der Waals surface area contributed by atoms with Gasteiger partial charge >= 0.3 is 5.97 Å². The normalized spacial score (nSPS) is 10.6. The third-order valence-electron chi connectivity index (χ3n) is 2.18. The van der Waals surface area contributed by atoms with Crippen molar-refractivity contribution in [3.8, 4) is 0 Å². The second kappa shape index (κ2) is 4.54. The summed E-state index contributed by atoms with van der Waals surface area (Å²) >= 11 is 1.33. The molecule has 1 N–H and O–H groups in total. The average Bonchev–Trinajstić information content (AvgIpc) is 2.32. The van der Waals surface area contributed by atoms with Gasteiger partial charge in [-0.25, -0.2) is 9.97 Å². The lowest BCUT2D eigenvalue weighted by Crippen LogP contribution is -2.24. The Hall–Kier alpha value is -1.89. The maximum atomic E-state index is 11.6. The number of pyridine rings is 1. The van der Waals surface area contributed by atoms with Crippen LogP contribution < -0.4 is 5.56 Å². The first-order valence-corrected chi connectivity index (χ1v) is 5.96. The Labute approximate surface area is 100 Å². The van der Waals surface area contributed by atoms with Gasteiger partial charge in [0.2, 0.25) is 0 Å². The van der Waals surface area contributed by atoms with Crippen molar-refractivity contribution in [1.29, 1.82) is 0 Å². The number of nitrogens with zero attached hydrogens (tertiary/aromatic N) is 3. The Morgan fingerprint density at radius 3 is 2.94 bits per heavy atom. The van der Waals surface area contributed by atoms with Crippen LogP contribution in [-0.2, 0) is 11.3 Å². The van der Waals surface area contributed by atoms with Crippen LogP contribution >= 0.6 is 11.8 Å². The Kier molecular flexibility index (Phi) is 3.10. The maximum absolute atomic E-state index is 11.6. The molecule has 2 aromatic heterocycles. The average molecular weight is 251 g/mol. The molecule has 0 fully saturated rings. The number of rotatable bonds is 3. The number of hydrogen-bond acceptors (Lipinski definition) is 5. The Morgan fingerprint density at radius 1 is 1.53 bits per heavy atom. The van der Waals surface area contributed by atoms with E-state index < -0.39 is 12.5 Å². The van der Waals surface area contributed by atoms with Crippen molar-refractivity contribution < 1.29 is 9.90 Å². The minimum atomic E-state index is -1.08. The van der Waals surface area contributed by atoms with E-state index in [1.165, 1.54) is 17.8 Å². The highest BCUT2D eigenvalue weighted by atomic mass is 32.2. The van der Waals surface area contributed by atoms with Gasteiger partial charge in [0, 0.05) is 17.6 Å². The van der Waals surface area contributed by atoms with Crippen LogP contribution in [0.1, 0.15) is 0 Å². The number of hydrogen-bond donors (Lipinski definition) is 1. The number of aromatic nitrogens is 3. The van der Waals surface area contributed by atoms with Gasteiger partial charge in [-0.05, 0) is 12.3 Å². The summed E-state index contributed by atoms with van der Waals surface area (Å²) in [6, 6.07) is 2.90. The zero-order chi connectivity index (χ0) is 12.4. The number of thioether (sulfide) groups is 1. The summed E-state index contributed by atoms with van der Waals surface area (Å²) in [5.41, 5.74) is -0.0371. The van der Waals surface area contributed by atoms with Crippen molar-refractivity contribution in [2.45, 2.75) is 11.7 Å². The van der Waals surface area contributed by atoms with E-state index in [4.69, 9.17) is 5.11 Å². The van der Waals surface area contributed by atoms with Crippen LogP contribution in [0.5, 0.6) is 0 Å². The number of fused-ring (bicyclic) bond motifs is 1. The number of carboxylic acids is 1. The van der Waals surface area contributed by atoms with Gasteiger partial charge in [-0.2, -0.15) is 0 Å². The second-order valence-electron chi connectivity index (χ2n) is 3.29. The molecule has 0 bridgehead atoms. The molecule has 0 spiro atoms. The molecule has 2 heterocycles. The largest absolute Gasteiger partial charge is 0.480 e. The van der Waals surface area contributed by atoms with Gasteiger partial charge in [-0.15, -0.1) is 0 Å². The molecule has 17 heavy (non-hydrogen) atoms. The third kappa shape index (κ3) is 2.28. The minimum absolute atomic E-state index is 0.347. The summed E-state index contributed by atoms with van der Waals surface area (Å²) in [5, 5.41) is 9.91. The van der Waals surface area contributed by atoms with Crippen LogP contribution in [-0.4, -0.2) is 31.9 Å². The zero-order valence-electron chi connectivity index (χ0n) is 8.95. The van der Waals surface area contributed by atoms with E-state index in [1.807, 2.05) is 6.26 Å². The fourth-order valence-electron chi connectivity index (χ4n) is 1.44. The maximum Gasteiger partial charge on any atom is 0.323 e. The molecule has 0 amide bonds. The molecule has 0 radical (unpaired) electrons. The van der Waals surface area contributed by atoms with E-state index in [-0.39, 0.29) is 5.56 Å². The SMILES string of the molecule is CSc1ncc2ccc(=O)n(CC(=O)O)c2n1. The zero-order valence-corrected chi connectivity index (χ0v) is 9.77. The van der Waals surface area contributed by atoms with Crippen LogP contribution in [0.3, 0.4) is 0 Å². The minimum Gasteiger partial charge on any atom is -0.480 e. The lowest BCUT2D eigenvalue weighted by Gasteiger charge is -2.06. The van der Waals surface area contributed by atoms with Crippen molar-refractivity contribution in [2.75, 3.05) is 6.26 Å². The molecule has 0 aliphatic carbocycles. The van der Waals surface area contributed by atoms with E-state index in [1.54, 1.807) is 12.3 Å². The van der Waals surface area contributed by atoms with E-state index in [0.29, 0.717) is 16.2 Å². The molecule has 88 valence electrons. The molecule has 2 rings (SSSR count). The first-order valence-electron chi connectivity index (χ1n) is 4.74. The number of carbonyl (C=O) groups is 1. The van der Waals surface area contributed by atoms with Gasteiger partial charge < -0.3 is 5.11 Å². The fraction of sp³-hybridized carbons (Fsp3) is 0.200. The molecule has 2 aromatic rings.